The molecule has 0 bridgehead atoms. The lowest BCUT2D eigenvalue weighted by Gasteiger charge is -2.26. The van der Waals surface area contributed by atoms with E-state index < -0.39 is 0 Å². The van der Waals surface area contributed by atoms with Crippen molar-refractivity contribution in [1.29, 1.82) is 0 Å². The summed E-state index contributed by atoms with van der Waals surface area (Å²) >= 11 is 5.80. The van der Waals surface area contributed by atoms with Crippen LogP contribution in [0.5, 0.6) is 17.2 Å². The summed E-state index contributed by atoms with van der Waals surface area (Å²) in [4.78, 5) is 18.0. The third kappa shape index (κ3) is 6.40. The van der Waals surface area contributed by atoms with E-state index >= 15 is 0 Å². The molecule has 0 aliphatic heterocycles. The highest BCUT2D eigenvalue weighted by atomic mass is 32.1. The van der Waals surface area contributed by atoms with Crippen molar-refractivity contribution in [2.45, 2.75) is 19.9 Å². The van der Waals surface area contributed by atoms with E-state index in [-0.39, 0.29) is 5.56 Å². The number of aromatic nitrogens is 1. The second-order valence-corrected chi connectivity index (χ2v) is 9.12. The molecule has 7 nitrogen and oxygen atoms in total. The number of thiocarbonyl (C=S) groups is 1. The van der Waals surface area contributed by atoms with Crippen LogP contribution < -0.4 is 25.1 Å². The van der Waals surface area contributed by atoms with Crippen molar-refractivity contribution in [2.75, 3.05) is 33.2 Å². The molecule has 0 amide bonds. The van der Waals surface area contributed by atoms with Gasteiger partial charge in [0.1, 0.15) is 5.75 Å². The lowest BCUT2D eigenvalue weighted by Crippen LogP contribution is -2.37. The molecule has 37 heavy (non-hydrogen) atoms. The molecule has 0 saturated carbocycles. The normalized spacial score (nSPS) is 10.7. The number of ether oxygens (including phenoxy) is 3. The molecular formula is C29H31N3O4S. The SMILES string of the molecule is COc1ccc(NC(=S)N(CCc2ccc(OC)c(OC)c2)Cc2cc3ccc(C)cc3[nH]c2=O)cc1. The topological polar surface area (TPSA) is 75.8 Å². The summed E-state index contributed by atoms with van der Waals surface area (Å²) in [6.07, 6.45) is 0.690. The van der Waals surface area contributed by atoms with E-state index in [1.807, 2.05) is 78.6 Å². The number of rotatable bonds is 9. The number of nitrogens with one attached hydrogen (secondary N) is 2. The van der Waals surface area contributed by atoms with Gasteiger partial charge in [-0.1, -0.05) is 18.2 Å². The van der Waals surface area contributed by atoms with Crippen LogP contribution in [0.2, 0.25) is 0 Å². The molecule has 0 aliphatic rings. The fourth-order valence-electron chi connectivity index (χ4n) is 4.11. The summed E-state index contributed by atoms with van der Waals surface area (Å²) in [5, 5.41) is 4.80. The fraction of sp³-hybridized carbons (Fsp3) is 0.241. The number of H-pyrrole nitrogens is 1. The average Bonchev–Trinajstić information content (AvgIpc) is 2.91. The first-order valence-electron chi connectivity index (χ1n) is 11.9. The number of hydrogen-bond acceptors (Lipinski definition) is 5. The zero-order valence-corrected chi connectivity index (χ0v) is 22.3. The molecule has 192 valence electrons. The zero-order chi connectivity index (χ0) is 26.4. The maximum atomic E-state index is 13.0. The predicted octanol–water partition coefficient (Wildman–Crippen LogP) is 5.30. The second kappa shape index (κ2) is 11.8. The number of hydrogen-bond donors (Lipinski definition) is 2. The van der Waals surface area contributed by atoms with E-state index in [2.05, 4.69) is 10.3 Å². The fourth-order valence-corrected chi connectivity index (χ4v) is 4.39. The smallest absolute Gasteiger partial charge is 0.253 e. The van der Waals surface area contributed by atoms with Gasteiger partial charge in [-0.15, -0.1) is 0 Å². The Morgan fingerprint density at radius 1 is 0.919 bits per heavy atom. The zero-order valence-electron chi connectivity index (χ0n) is 21.5. The number of methoxy groups -OCH3 is 3. The third-order valence-corrected chi connectivity index (χ3v) is 6.55. The Labute approximate surface area is 222 Å². The largest absolute Gasteiger partial charge is 0.497 e. The van der Waals surface area contributed by atoms with Crippen LogP contribution in [0.4, 0.5) is 5.69 Å². The molecule has 0 spiro atoms. The van der Waals surface area contributed by atoms with Crippen molar-refractivity contribution in [3.63, 3.8) is 0 Å². The summed E-state index contributed by atoms with van der Waals surface area (Å²) in [6, 6.07) is 21.4. The Morgan fingerprint density at radius 2 is 1.68 bits per heavy atom. The summed E-state index contributed by atoms with van der Waals surface area (Å²) < 4.78 is 16.1. The predicted molar refractivity (Wildman–Crippen MR) is 152 cm³/mol. The molecule has 4 rings (SSSR count). The van der Waals surface area contributed by atoms with Crippen LogP contribution in [0, 0.1) is 6.92 Å². The van der Waals surface area contributed by atoms with Gasteiger partial charge in [-0.05, 0) is 90.6 Å². The summed E-state index contributed by atoms with van der Waals surface area (Å²) in [7, 11) is 4.87. The Bertz CT molecular complexity index is 1450. The number of aryl methyl sites for hydroxylation is 1. The summed E-state index contributed by atoms with van der Waals surface area (Å²) in [5.74, 6) is 2.11. The van der Waals surface area contributed by atoms with Gasteiger partial charge in [0.2, 0.25) is 0 Å². The van der Waals surface area contributed by atoms with Crippen LogP contribution in [0.25, 0.3) is 10.9 Å². The second-order valence-electron chi connectivity index (χ2n) is 8.73. The molecule has 0 unspecified atom stereocenters. The van der Waals surface area contributed by atoms with Crippen molar-refractivity contribution >= 4 is 33.9 Å². The number of nitrogens with zero attached hydrogens (tertiary/aromatic N) is 1. The molecule has 2 N–H and O–H groups in total. The minimum Gasteiger partial charge on any atom is -0.497 e. The van der Waals surface area contributed by atoms with Crippen LogP contribution in [-0.4, -0.2) is 42.9 Å². The highest BCUT2D eigenvalue weighted by Gasteiger charge is 2.15. The number of pyridine rings is 1. The van der Waals surface area contributed by atoms with Crippen molar-refractivity contribution in [1.82, 2.24) is 9.88 Å². The molecule has 0 saturated heterocycles. The number of benzene rings is 3. The molecule has 0 aliphatic carbocycles. The van der Waals surface area contributed by atoms with E-state index in [1.54, 1.807) is 21.3 Å². The van der Waals surface area contributed by atoms with Gasteiger partial charge in [0.05, 0.1) is 27.9 Å². The Balaban J connectivity index is 1.59. The number of anilines is 1. The first-order chi connectivity index (χ1) is 17.9. The molecule has 4 aromatic rings. The summed E-state index contributed by atoms with van der Waals surface area (Å²) in [6.45, 7) is 2.95. The molecule has 1 heterocycles. The van der Waals surface area contributed by atoms with Gasteiger partial charge < -0.3 is 29.4 Å². The first kappa shape index (κ1) is 26.0. The van der Waals surface area contributed by atoms with Crippen LogP contribution in [0.3, 0.4) is 0 Å². The van der Waals surface area contributed by atoms with Crippen molar-refractivity contribution in [3.8, 4) is 17.2 Å². The lowest BCUT2D eigenvalue weighted by atomic mass is 10.1. The molecular weight excluding hydrogens is 486 g/mol. The standard InChI is InChI=1S/C29H31N3O4S/c1-19-5-7-21-17-22(28(33)31-25(21)15-19)18-32(29(37)30-23-8-10-24(34-2)11-9-23)14-13-20-6-12-26(35-3)27(16-20)36-4/h5-12,15-17H,13-14,18H2,1-4H3,(H,30,37)(H,31,33). The van der Waals surface area contributed by atoms with E-state index in [1.165, 1.54) is 0 Å². The Morgan fingerprint density at radius 3 is 2.38 bits per heavy atom. The van der Waals surface area contributed by atoms with Crippen LogP contribution in [0.1, 0.15) is 16.7 Å². The maximum absolute atomic E-state index is 13.0. The quantitative estimate of drug-likeness (QED) is 0.292. The molecule has 1 aromatic heterocycles. The minimum atomic E-state index is -0.124. The van der Waals surface area contributed by atoms with E-state index in [0.717, 1.165) is 33.5 Å². The molecule has 8 heteroatoms. The van der Waals surface area contributed by atoms with E-state index in [0.29, 0.717) is 41.7 Å². The van der Waals surface area contributed by atoms with Crippen molar-refractivity contribution in [3.05, 3.63) is 93.8 Å². The Kier molecular flexibility index (Phi) is 8.30. The Hall–Kier alpha value is -4.04. The molecule has 0 radical (unpaired) electrons. The van der Waals surface area contributed by atoms with Gasteiger partial charge >= 0.3 is 0 Å². The highest BCUT2D eigenvalue weighted by Crippen LogP contribution is 2.28. The highest BCUT2D eigenvalue weighted by molar-refractivity contribution is 7.80. The van der Waals surface area contributed by atoms with E-state index in [4.69, 9.17) is 26.4 Å². The number of aromatic amines is 1. The number of fused-ring (bicyclic) bond motifs is 1. The van der Waals surface area contributed by atoms with Gasteiger partial charge in [-0.25, -0.2) is 0 Å². The van der Waals surface area contributed by atoms with Gasteiger partial charge in [0.15, 0.2) is 16.6 Å². The first-order valence-corrected chi connectivity index (χ1v) is 12.3. The van der Waals surface area contributed by atoms with Gasteiger partial charge in [-0.2, -0.15) is 0 Å². The van der Waals surface area contributed by atoms with Crippen LogP contribution in [-0.2, 0) is 13.0 Å². The van der Waals surface area contributed by atoms with Gasteiger partial charge in [-0.3, -0.25) is 4.79 Å². The lowest BCUT2D eigenvalue weighted by molar-refractivity contribution is 0.354. The van der Waals surface area contributed by atoms with Crippen molar-refractivity contribution < 1.29 is 14.2 Å². The van der Waals surface area contributed by atoms with E-state index in [9.17, 15) is 4.79 Å². The molecule has 0 atom stereocenters. The molecule has 0 fully saturated rings. The third-order valence-electron chi connectivity index (χ3n) is 6.19. The van der Waals surface area contributed by atoms with Crippen LogP contribution in [0.15, 0.2) is 71.5 Å². The van der Waals surface area contributed by atoms with Gasteiger partial charge in [0.25, 0.3) is 5.56 Å². The molecule has 3 aromatic carbocycles. The van der Waals surface area contributed by atoms with Gasteiger partial charge in [0, 0.05) is 23.3 Å². The average molecular weight is 518 g/mol. The van der Waals surface area contributed by atoms with Crippen molar-refractivity contribution in [2.24, 2.45) is 0 Å². The maximum Gasteiger partial charge on any atom is 0.253 e. The summed E-state index contributed by atoms with van der Waals surface area (Å²) in [5.41, 5.74) is 4.34. The monoisotopic (exact) mass is 517 g/mol. The minimum absolute atomic E-state index is 0.124. The van der Waals surface area contributed by atoms with Crippen LogP contribution >= 0.6 is 12.2 Å².